The number of nitrogens with two attached hydrogens (primary N) is 1. The van der Waals surface area contributed by atoms with Crippen molar-refractivity contribution in [3.63, 3.8) is 0 Å². The number of imidazole rings is 1. The van der Waals surface area contributed by atoms with Gasteiger partial charge in [-0.05, 0) is 12.0 Å². The van der Waals surface area contributed by atoms with E-state index in [4.69, 9.17) is 20.3 Å². The first-order chi connectivity index (χ1) is 15.2. The number of aryl methyl sites for hydroxylation is 1. The quantitative estimate of drug-likeness (QED) is 0.221. The minimum absolute atomic E-state index is 0.146. The number of hydrogen-bond acceptors (Lipinski definition) is 10. The summed E-state index contributed by atoms with van der Waals surface area (Å²) in [7, 11) is -4.78. The number of rotatable bonds is 8. The standard InChI is InChI=1S/C18H22N5O7PS/c19-15-12-16(21-9-20-15)23(18(22-12)32-7-6-10-4-2-1-3-5-10)17-14(25)13(24)11(30-17)8-29-31(26,27)28/h1-5,9,11,13-14,17,24-25H,6-8H2,(H2,19,20,21)(H2,26,27,28)/t11-,13-,14-,17?/m1/s1. The molecule has 3 aromatic rings. The molecule has 1 unspecified atom stereocenters. The van der Waals surface area contributed by atoms with Crippen LogP contribution in [-0.2, 0) is 20.2 Å². The van der Waals surface area contributed by atoms with Gasteiger partial charge in [0.1, 0.15) is 24.6 Å². The largest absolute Gasteiger partial charge is 0.469 e. The first-order valence-electron chi connectivity index (χ1n) is 9.61. The molecule has 4 rings (SSSR count). The maximum absolute atomic E-state index is 11.0. The molecule has 1 fully saturated rings. The minimum atomic E-state index is -4.78. The molecule has 0 spiro atoms. The highest BCUT2D eigenvalue weighted by Gasteiger charge is 2.46. The van der Waals surface area contributed by atoms with Gasteiger partial charge in [0.25, 0.3) is 0 Å². The summed E-state index contributed by atoms with van der Waals surface area (Å²) in [6.45, 7) is -0.612. The number of nitrogen functional groups attached to an aromatic ring is 1. The van der Waals surface area contributed by atoms with E-state index in [2.05, 4.69) is 19.5 Å². The number of aromatic nitrogens is 4. The van der Waals surface area contributed by atoms with Crippen LogP contribution in [-0.4, -0.2) is 70.2 Å². The van der Waals surface area contributed by atoms with Crippen LogP contribution in [0.2, 0.25) is 0 Å². The number of nitrogens with zero attached hydrogens (tertiary/aromatic N) is 4. The van der Waals surface area contributed by atoms with E-state index in [-0.39, 0.29) is 5.82 Å². The zero-order valence-electron chi connectivity index (χ0n) is 16.6. The van der Waals surface area contributed by atoms with Gasteiger partial charge in [-0.3, -0.25) is 9.09 Å². The first-order valence-corrected chi connectivity index (χ1v) is 12.1. The first kappa shape index (κ1) is 23.1. The Labute approximate surface area is 186 Å². The van der Waals surface area contributed by atoms with Crippen molar-refractivity contribution in [3.05, 3.63) is 42.2 Å². The number of phosphoric acid groups is 1. The van der Waals surface area contributed by atoms with E-state index in [9.17, 15) is 14.8 Å². The van der Waals surface area contributed by atoms with Crippen molar-refractivity contribution < 1.29 is 33.8 Å². The Morgan fingerprint density at radius 3 is 2.66 bits per heavy atom. The number of ether oxygens (including phenoxy) is 1. The molecule has 1 saturated heterocycles. The van der Waals surface area contributed by atoms with Crippen molar-refractivity contribution in [3.8, 4) is 0 Å². The van der Waals surface area contributed by atoms with Crippen molar-refractivity contribution in [2.24, 2.45) is 0 Å². The fraction of sp³-hybridized carbons (Fsp3) is 0.389. The number of fused-ring (bicyclic) bond motifs is 1. The van der Waals surface area contributed by atoms with Crippen LogP contribution in [0, 0.1) is 0 Å². The van der Waals surface area contributed by atoms with Crippen LogP contribution in [0.15, 0.2) is 41.8 Å². The molecule has 12 nitrogen and oxygen atoms in total. The van der Waals surface area contributed by atoms with Gasteiger partial charge < -0.3 is 30.5 Å². The lowest BCUT2D eigenvalue weighted by Gasteiger charge is -2.19. The molecule has 32 heavy (non-hydrogen) atoms. The van der Waals surface area contributed by atoms with Crippen molar-refractivity contribution in [2.75, 3.05) is 18.1 Å². The number of benzene rings is 1. The normalized spacial score (nSPS) is 23.8. The van der Waals surface area contributed by atoms with E-state index >= 15 is 0 Å². The van der Waals surface area contributed by atoms with Crippen LogP contribution >= 0.6 is 19.6 Å². The molecule has 0 bridgehead atoms. The summed E-state index contributed by atoms with van der Waals surface area (Å²) >= 11 is 1.39. The van der Waals surface area contributed by atoms with Crippen molar-refractivity contribution in [2.45, 2.75) is 36.1 Å². The molecule has 0 aliphatic carbocycles. The zero-order chi connectivity index (χ0) is 22.9. The van der Waals surface area contributed by atoms with Crippen molar-refractivity contribution in [1.82, 2.24) is 19.5 Å². The molecule has 3 heterocycles. The molecule has 6 N–H and O–H groups in total. The third-order valence-corrected chi connectivity index (χ3v) is 6.38. The number of thioether (sulfide) groups is 1. The van der Waals surface area contributed by atoms with Crippen LogP contribution < -0.4 is 5.73 Å². The van der Waals surface area contributed by atoms with E-state index in [0.717, 1.165) is 12.0 Å². The SMILES string of the molecule is Nc1ncnc2c1nc(SCCc1ccccc1)n2C1O[C@H](COP(=O)(O)O)[C@@H](O)[C@H]1O. The topological polar surface area (TPSA) is 186 Å². The lowest BCUT2D eigenvalue weighted by molar-refractivity contribution is -0.0541. The Kier molecular flexibility index (Phi) is 6.79. The van der Waals surface area contributed by atoms with Gasteiger partial charge >= 0.3 is 7.82 Å². The Bertz CT molecular complexity index is 1130. The molecule has 2 aromatic heterocycles. The molecule has 0 amide bonds. The summed E-state index contributed by atoms with van der Waals surface area (Å²) in [5.41, 5.74) is 7.70. The van der Waals surface area contributed by atoms with E-state index in [1.54, 1.807) is 0 Å². The summed E-state index contributed by atoms with van der Waals surface area (Å²) in [5.74, 6) is 0.796. The summed E-state index contributed by atoms with van der Waals surface area (Å²) in [6.07, 6.45) is -3.19. The van der Waals surface area contributed by atoms with Gasteiger partial charge in [-0.15, -0.1) is 0 Å². The van der Waals surface area contributed by atoms with E-state index in [1.165, 1.54) is 22.7 Å². The lowest BCUT2D eigenvalue weighted by atomic mass is 10.1. The van der Waals surface area contributed by atoms with Crippen LogP contribution in [0.5, 0.6) is 0 Å². The van der Waals surface area contributed by atoms with Crippen LogP contribution in [0.4, 0.5) is 5.82 Å². The number of aliphatic hydroxyl groups excluding tert-OH is 2. The van der Waals surface area contributed by atoms with Gasteiger partial charge in [-0.25, -0.2) is 19.5 Å². The second-order valence-corrected chi connectivity index (χ2v) is 9.41. The van der Waals surface area contributed by atoms with Crippen LogP contribution in [0.1, 0.15) is 11.8 Å². The summed E-state index contributed by atoms with van der Waals surface area (Å²) in [6, 6.07) is 9.87. The fourth-order valence-electron chi connectivity index (χ4n) is 3.39. The maximum atomic E-state index is 11.0. The highest BCUT2D eigenvalue weighted by molar-refractivity contribution is 7.99. The predicted octanol–water partition coefficient (Wildman–Crippen LogP) is 0.472. The Morgan fingerprint density at radius 1 is 1.19 bits per heavy atom. The molecular weight excluding hydrogens is 461 g/mol. The lowest BCUT2D eigenvalue weighted by Crippen LogP contribution is -2.33. The molecule has 0 radical (unpaired) electrons. The Balaban J connectivity index is 1.61. The minimum Gasteiger partial charge on any atom is -0.387 e. The van der Waals surface area contributed by atoms with Crippen molar-refractivity contribution in [1.29, 1.82) is 0 Å². The number of hydrogen-bond donors (Lipinski definition) is 5. The molecule has 1 aliphatic heterocycles. The average Bonchev–Trinajstić information content (AvgIpc) is 3.25. The average molecular weight is 483 g/mol. The molecule has 4 atom stereocenters. The number of anilines is 1. The van der Waals surface area contributed by atoms with E-state index < -0.39 is 39.0 Å². The fourth-order valence-corrected chi connectivity index (χ4v) is 4.74. The highest BCUT2D eigenvalue weighted by atomic mass is 32.2. The third kappa shape index (κ3) is 4.95. The van der Waals surface area contributed by atoms with E-state index in [1.807, 2.05) is 30.3 Å². The monoisotopic (exact) mass is 483 g/mol. The van der Waals surface area contributed by atoms with E-state index in [0.29, 0.717) is 22.1 Å². The van der Waals surface area contributed by atoms with Gasteiger partial charge in [0.15, 0.2) is 28.4 Å². The molecule has 1 aliphatic rings. The second kappa shape index (κ2) is 9.41. The summed E-state index contributed by atoms with van der Waals surface area (Å²) in [4.78, 5) is 30.5. The van der Waals surface area contributed by atoms with Gasteiger partial charge in [0.2, 0.25) is 0 Å². The molecular formula is C18H22N5O7PS. The van der Waals surface area contributed by atoms with Gasteiger partial charge in [0.05, 0.1) is 6.61 Å². The number of aliphatic hydroxyl groups is 2. The van der Waals surface area contributed by atoms with Gasteiger partial charge in [-0.1, -0.05) is 42.1 Å². The zero-order valence-corrected chi connectivity index (χ0v) is 18.3. The highest BCUT2D eigenvalue weighted by Crippen LogP contribution is 2.40. The second-order valence-electron chi connectivity index (χ2n) is 7.11. The van der Waals surface area contributed by atoms with Gasteiger partial charge in [0, 0.05) is 5.75 Å². The van der Waals surface area contributed by atoms with Crippen LogP contribution in [0.3, 0.4) is 0 Å². The summed E-state index contributed by atoms with van der Waals surface area (Å²) in [5, 5.41) is 21.4. The third-order valence-electron chi connectivity index (χ3n) is 4.94. The Morgan fingerprint density at radius 2 is 1.94 bits per heavy atom. The smallest absolute Gasteiger partial charge is 0.387 e. The maximum Gasteiger partial charge on any atom is 0.469 e. The Hall–Kier alpha value is -2.09. The van der Waals surface area contributed by atoms with Crippen molar-refractivity contribution >= 4 is 36.6 Å². The molecule has 0 saturated carbocycles. The summed E-state index contributed by atoms with van der Waals surface area (Å²) < 4.78 is 22.7. The molecule has 1 aromatic carbocycles. The molecule has 14 heteroatoms. The molecule has 172 valence electrons. The van der Waals surface area contributed by atoms with Crippen LogP contribution in [0.25, 0.3) is 11.2 Å². The van der Waals surface area contributed by atoms with Gasteiger partial charge in [-0.2, -0.15) is 0 Å². The number of phosphoric ester groups is 1. The predicted molar refractivity (Wildman–Crippen MR) is 115 cm³/mol.